The largest absolute Gasteiger partial charge is 0.507 e. The van der Waals surface area contributed by atoms with E-state index in [1.165, 1.54) is 4.90 Å². The number of fused-ring (bicyclic) bond motifs is 1. The van der Waals surface area contributed by atoms with Crippen LogP contribution in [-0.2, 0) is 9.59 Å². The molecule has 0 radical (unpaired) electrons. The van der Waals surface area contributed by atoms with E-state index >= 15 is 0 Å². The Morgan fingerprint density at radius 2 is 1.97 bits per heavy atom. The molecule has 0 bridgehead atoms. The molecule has 1 amide bonds. The van der Waals surface area contributed by atoms with Crippen LogP contribution in [0.3, 0.4) is 0 Å². The number of carbonyl (C=O) groups excluding carboxylic acids is 2. The van der Waals surface area contributed by atoms with Crippen LogP contribution in [0.4, 0.5) is 0 Å². The highest BCUT2D eigenvalue weighted by atomic mass is 16.5. The Balaban J connectivity index is 1.86. The third kappa shape index (κ3) is 3.87. The van der Waals surface area contributed by atoms with Crippen molar-refractivity contribution in [1.29, 1.82) is 0 Å². The van der Waals surface area contributed by atoms with Crippen molar-refractivity contribution in [2.45, 2.75) is 25.8 Å². The summed E-state index contributed by atoms with van der Waals surface area (Å²) in [7, 11) is 0. The van der Waals surface area contributed by atoms with Crippen molar-refractivity contribution in [3.63, 3.8) is 0 Å². The fourth-order valence-corrected chi connectivity index (χ4v) is 4.14. The number of carbonyl (C=O) groups is 2. The standard InChI is InChI=1S/C25H26N2O5/c1-2-3-11-27-22(16-7-6-8-17(14-16)32-13-12-28)21(24(30)25(27)31)23(29)19-15-26-20-10-5-4-9-18(19)20/h4-10,14-15,22,26,28-29H,2-3,11-13H2,1H3/b23-21-. The first kappa shape index (κ1) is 21.6. The van der Waals surface area contributed by atoms with Gasteiger partial charge in [0.2, 0.25) is 0 Å². The fraction of sp³-hybridized carbons (Fsp3) is 0.280. The van der Waals surface area contributed by atoms with E-state index < -0.39 is 17.7 Å². The SMILES string of the molecule is CCCCN1C(=O)C(=O)/C(=C(\O)c2c[nH]c3ccccc23)C1c1cccc(OCCO)c1. The molecule has 1 aliphatic heterocycles. The monoisotopic (exact) mass is 434 g/mol. The van der Waals surface area contributed by atoms with E-state index in [0.29, 0.717) is 23.4 Å². The number of aromatic nitrogens is 1. The van der Waals surface area contributed by atoms with Gasteiger partial charge in [0.05, 0.1) is 18.2 Å². The van der Waals surface area contributed by atoms with Crippen molar-refractivity contribution in [1.82, 2.24) is 9.88 Å². The lowest BCUT2D eigenvalue weighted by molar-refractivity contribution is -0.139. The quantitative estimate of drug-likeness (QED) is 0.285. The number of benzene rings is 2. The van der Waals surface area contributed by atoms with Gasteiger partial charge in [-0.05, 0) is 30.2 Å². The first-order valence-corrected chi connectivity index (χ1v) is 10.7. The predicted molar refractivity (Wildman–Crippen MR) is 121 cm³/mol. The minimum atomic E-state index is -0.729. The maximum absolute atomic E-state index is 13.1. The van der Waals surface area contributed by atoms with Crippen molar-refractivity contribution in [3.05, 3.63) is 71.4 Å². The summed E-state index contributed by atoms with van der Waals surface area (Å²) >= 11 is 0. The minimum absolute atomic E-state index is 0.0650. The summed E-state index contributed by atoms with van der Waals surface area (Å²) in [5.41, 5.74) is 2.03. The number of likely N-dealkylation sites (tertiary alicyclic amines) is 1. The zero-order valence-electron chi connectivity index (χ0n) is 17.9. The highest BCUT2D eigenvalue weighted by molar-refractivity contribution is 6.46. The van der Waals surface area contributed by atoms with Crippen LogP contribution in [0.2, 0.25) is 0 Å². The highest BCUT2D eigenvalue weighted by Crippen LogP contribution is 2.41. The molecule has 1 aliphatic rings. The van der Waals surface area contributed by atoms with Gasteiger partial charge < -0.3 is 24.8 Å². The number of nitrogens with zero attached hydrogens (tertiary/aromatic N) is 1. The van der Waals surface area contributed by atoms with Crippen LogP contribution in [0, 0.1) is 0 Å². The molecule has 0 aliphatic carbocycles. The Bertz CT molecular complexity index is 1180. The maximum Gasteiger partial charge on any atom is 0.295 e. The summed E-state index contributed by atoms with van der Waals surface area (Å²) in [6.07, 6.45) is 3.24. The Labute approximate surface area is 185 Å². The third-order valence-corrected chi connectivity index (χ3v) is 5.67. The summed E-state index contributed by atoms with van der Waals surface area (Å²) in [5.74, 6) is -1.00. The number of aliphatic hydroxyl groups excluding tert-OH is 2. The Morgan fingerprint density at radius 3 is 2.75 bits per heavy atom. The highest BCUT2D eigenvalue weighted by Gasteiger charge is 2.46. The number of nitrogens with one attached hydrogen (secondary N) is 1. The van der Waals surface area contributed by atoms with Gasteiger partial charge >= 0.3 is 0 Å². The van der Waals surface area contributed by atoms with E-state index in [2.05, 4.69) is 4.98 Å². The van der Waals surface area contributed by atoms with E-state index in [0.717, 1.165) is 23.7 Å². The van der Waals surface area contributed by atoms with Crippen LogP contribution in [0.15, 0.2) is 60.3 Å². The van der Waals surface area contributed by atoms with E-state index in [1.807, 2.05) is 37.3 Å². The van der Waals surface area contributed by atoms with Crippen LogP contribution < -0.4 is 4.74 Å². The van der Waals surface area contributed by atoms with Gasteiger partial charge in [0.1, 0.15) is 18.1 Å². The second-order valence-electron chi connectivity index (χ2n) is 7.74. The number of aromatic amines is 1. The fourth-order valence-electron chi connectivity index (χ4n) is 4.14. The molecular weight excluding hydrogens is 408 g/mol. The van der Waals surface area contributed by atoms with Crippen molar-refractivity contribution in [2.24, 2.45) is 0 Å². The van der Waals surface area contributed by atoms with Crippen LogP contribution in [0.25, 0.3) is 16.7 Å². The van der Waals surface area contributed by atoms with Crippen molar-refractivity contribution < 1.29 is 24.5 Å². The molecule has 1 saturated heterocycles. The van der Waals surface area contributed by atoms with Crippen LogP contribution in [0.1, 0.15) is 36.9 Å². The summed E-state index contributed by atoms with van der Waals surface area (Å²) < 4.78 is 5.53. The van der Waals surface area contributed by atoms with Crippen molar-refractivity contribution >= 4 is 28.4 Å². The molecule has 2 aromatic carbocycles. The van der Waals surface area contributed by atoms with Gasteiger partial charge in [-0.1, -0.05) is 43.7 Å². The number of hydrogen-bond acceptors (Lipinski definition) is 5. The van der Waals surface area contributed by atoms with Crippen LogP contribution in [-0.4, -0.2) is 51.5 Å². The second kappa shape index (κ2) is 9.28. The van der Waals surface area contributed by atoms with Crippen molar-refractivity contribution in [3.8, 4) is 5.75 Å². The van der Waals surface area contributed by atoms with Gasteiger partial charge in [-0.25, -0.2) is 0 Å². The molecule has 1 fully saturated rings. The first-order valence-electron chi connectivity index (χ1n) is 10.7. The normalized spacial score (nSPS) is 17.9. The maximum atomic E-state index is 13.1. The number of H-pyrrole nitrogens is 1. The van der Waals surface area contributed by atoms with Gasteiger partial charge in [-0.15, -0.1) is 0 Å². The molecule has 7 heteroatoms. The molecule has 1 aromatic heterocycles. The smallest absolute Gasteiger partial charge is 0.295 e. The predicted octanol–water partition coefficient (Wildman–Crippen LogP) is 3.76. The molecule has 32 heavy (non-hydrogen) atoms. The van der Waals surface area contributed by atoms with E-state index in [-0.39, 0.29) is 24.5 Å². The number of ketones is 1. The Morgan fingerprint density at radius 1 is 1.16 bits per heavy atom. The molecule has 166 valence electrons. The Hall–Kier alpha value is -3.58. The zero-order valence-corrected chi connectivity index (χ0v) is 17.9. The number of unbranched alkanes of at least 4 members (excludes halogenated alkanes) is 1. The number of ether oxygens (including phenoxy) is 1. The average molecular weight is 434 g/mol. The minimum Gasteiger partial charge on any atom is -0.507 e. The second-order valence-corrected chi connectivity index (χ2v) is 7.74. The zero-order chi connectivity index (χ0) is 22.7. The van der Waals surface area contributed by atoms with Gasteiger partial charge in [0, 0.05) is 29.2 Å². The van der Waals surface area contributed by atoms with Gasteiger partial charge in [-0.2, -0.15) is 0 Å². The number of para-hydroxylation sites is 1. The van der Waals surface area contributed by atoms with Gasteiger partial charge in [-0.3, -0.25) is 9.59 Å². The molecule has 1 unspecified atom stereocenters. The molecule has 1 atom stereocenters. The molecule has 0 spiro atoms. The van der Waals surface area contributed by atoms with Crippen molar-refractivity contribution in [2.75, 3.05) is 19.8 Å². The van der Waals surface area contributed by atoms with E-state index in [4.69, 9.17) is 9.84 Å². The summed E-state index contributed by atoms with van der Waals surface area (Å²) in [5, 5.41) is 21.1. The van der Waals surface area contributed by atoms with E-state index in [9.17, 15) is 14.7 Å². The average Bonchev–Trinajstić information content (AvgIpc) is 3.35. The number of hydrogen-bond donors (Lipinski definition) is 3. The molecular formula is C25H26N2O5. The summed E-state index contributed by atoms with van der Waals surface area (Å²) in [6, 6.07) is 13.8. The molecule has 2 heterocycles. The van der Waals surface area contributed by atoms with Gasteiger partial charge in [0.15, 0.2) is 0 Å². The first-order chi connectivity index (χ1) is 15.6. The number of amides is 1. The molecule has 3 aromatic rings. The topological polar surface area (TPSA) is 103 Å². The number of Topliss-reactive ketones (excluding diaryl/α,β-unsaturated/α-hetero) is 1. The number of rotatable bonds is 8. The third-order valence-electron chi connectivity index (χ3n) is 5.67. The summed E-state index contributed by atoms with van der Waals surface area (Å²) in [4.78, 5) is 30.7. The van der Waals surface area contributed by atoms with Gasteiger partial charge in [0.25, 0.3) is 11.7 Å². The summed E-state index contributed by atoms with van der Waals surface area (Å²) in [6.45, 7) is 2.42. The lowest BCUT2D eigenvalue weighted by atomic mass is 9.95. The lowest BCUT2D eigenvalue weighted by Gasteiger charge is -2.25. The Kier molecular flexibility index (Phi) is 6.28. The number of aliphatic hydroxyl groups is 2. The van der Waals surface area contributed by atoms with Crippen LogP contribution in [0.5, 0.6) is 5.75 Å². The van der Waals surface area contributed by atoms with Crippen LogP contribution >= 0.6 is 0 Å². The molecule has 3 N–H and O–H groups in total. The molecule has 4 rings (SSSR count). The lowest BCUT2D eigenvalue weighted by Crippen LogP contribution is -2.30. The van der Waals surface area contributed by atoms with E-state index in [1.54, 1.807) is 24.4 Å². The molecule has 0 saturated carbocycles. The molecule has 7 nitrogen and oxygen atoms in total.